The van der Waals surface area contributed by atoms with Crippen molar-refractivity contribution in [3.63, 3.8) is 0 Å². The van der Waals surface area contributed by atoms with Gasteiger partial charge in [0, 0.05) is 16.7 Å². The Bertz CT molecular complexity index is 800. The van der Waals surface area contributed by atoms with Gasteiger partial charge in [0.05, 0.1) is 0 Å². The molecule has 1 fully saturated rings. The second-order valence-electron chi connectivity index (χ2n) is 5.70. The Morgan fingerprint density at radius 2 is 2.13 bits per heavy atom. The molecule has 5 nitrogen and oxygen atoms in total. The molecule has 0 radical (unpaired) electrons. The minimum atomic E-state index is 0.0667. The van der Waals surface area contributed by atoms with Gasteiger partial charge in [-0.15, -0.1) is 11.3 Å². The Labute approximate surface area is 137 Å². The molecule has 23 heavy (non-hydrogen) atoms. The van der Waals surface area contributed by atoms with Gasteiger partial charge >= 0.3 is 0 Å². The summed E-state index contributed by atoms with van der Waals surface area (Å²) >= 11 is 1.43. The second kappa shape index (κ2) is 6.14. The SMILES string of the molecule is O=C(Nc1nc(-c2cc3ccccc3o2)cs1)C1CCNCC1. The predicted molar refractivity (Wildman–Crippen MR) is 91.5 cm³/mol. The molecule has 1 amide bonds. The number of hydrogen-bond acceptors (Lipinski definition) is 5. The first-order chi connectivity index (χ1) is 11.3. The summed E-state index contributed by atoms with van der Waals surface area (Å²) in [6.07, 6.45) is 1.77. The molecule has 2 N–H and O–H groups in total. The molecule has 3 heterocycles. The van der Waals surface area contributed by atoms with Crippen LogP contribution in [0.3, 0.4) is 0 Å². The van der Waals surface area contributed by atoms with E-state index in [9.17, 15) is 4.79 Å². The van der Waals surface area contributed by atoms with Crippen LogP contribution in [0.4, 0.5) is 5.13 Å². The number of carbonyl (C=O) groups excluding carboxylic acids is 1. The van der Waals surface area contributed by atoms with Crippen molar-refractivity contribution in [3.05, 3.63) is 35.7 Å². The maximum Gasteiger partial charge on any atom is 0.229 e. The van der Waals surface area contributed by atoms with E-state index in [0.29, 0.717) is 5.13 Å². The molecule has 0 unspecified atom stereocenters. The summed E-state index contributed by atoms with van der Waals surface area (Å²) < 4.78 is 5.81. The zero-order valence-electron chi connectivity index (χ0n) is 12.5. The van der Waals surface area contributed by atoms with Crippen molar-refractivity contribution in [1.82, 2.24) is 10.3 Å². The number of nitrogens with zero attached hydrogens (tertiary/aromatic N) is 1. The molecule has 118 valence electrons. The lowest BCUT2D eigenvalue weighted by Crippen LogP contribution is -2.34. The maximum absolute atomic E-state index is 12.3. The maximum atomic E-state index is 12.3. The number of furan rings is 1. The standard InChI is InChI=1S/C17H17N3O2S/c21-16(11-5-7-18-8-6-11)20-17-19-13(10-23-17)15-9-12-3-1-2-4-14(12)22-15/h1-4,9-11,18H,5-8H2,(H,19,20,21). The van der Waals surface area contributed by atoms with Crippen molar-refractivity contribution in [2.45, 2.75) is 12.8 Å². The van der Waals surface area contributed by atoms with Gasteiger partial charge in [0.25, 0.3) is 0 Å². The molecule has 0 saturated carbocycles. The van der Waals surface area contributed by atoms with Crippen LogP contribution in [-0.2, 0) is 4.79 Å². The van der Waals surface area contributed by atoms with Crippen molar-refractivity contribution >= 4 is 33.3 Å². The van der Waals surface area contributed by atoms with E-state index in [1.54, 1.807) is 0 Å². The number of amides is 1. The third kappa shape index (κ3) is 3.00. The number of aromatic nitrogens is 1. The van der Waals surface area contributed by atoms with E-state index in [4.69, 9.17) is 4.42 Å². The van der Waals surface area contributed by atoms with Crippen molar-refractivity contribution in [2.75, 3.05) is 18.4 Å². The Balaban J connectivity index is 1.51. The lowest BCUT2D eigenvalue weighted by Gasteiger charge is -2.20. The second-order valence-corrected chi connectivity index (χ2v) is 6.56. The van der Waals surface area contributed by atoms with Gasteiger partial charge in [0.2, 0.25) is 5.91 Å². The Morgan fingerprint density at radius 3 is 2.96 bits per heavy atom. The van der Waals surface area contributed by atoms with E-state index in [1.807, 2.05) is 35.7 Å². The summed E-state index contributed by atoms with van der Waals surface area (Å²) in [5.74, 6) is 0.872. The number of para-hydroxylation sites is 1. The van der Waals surface area contributed by atoms with Gasteiger partial charge in [-0.1, -0.05) is 18.2 Å². The number of piperidine rings is 1. The van der Waals surface area contributed by atoms with E-state index in [-0.39, 0.29) is 11.8 Å². The van der Waals surface area contributed by atoms with E-state index in [0.717, 1.165) is 48.4 Å². The predicted octanol–water partition coefficient (Wildman–Crippen LogP) is 3.49. The highest BCUT2D eigenvalue weighted by atomic mass is 32.1. The van der Waals surface area contributed by atoms with Gasteiger partial charge in [0.1, 0.15) is 11.3 Å². The molecule has 1 aromatic carbocycles. The first-order valence-corrected chi connectivity index (χ1v) is 8.63. The third-order valence-corrected chi connectivity index (χ3v) is 4.88. The topological polar surface area (TPSA) is 67.2 Å². The van der Waals surface area contributed by atoms with Crippen molar-refractivity contribution < 1.29 is 9.21 Å². The minimum absolute atomic E-state index is 0.0667. The first kappa shape index (κ1) is 14.4. The Kier molecular flexibility index (Phi) is 3.85. The van der Waals surface area contributed by atoms with E-state index in [1.165, 1.54) is 11.3 Å². The van der Waals surface area contributed by atoms with Crippen LogP contribution in [0.5, 0.6) is 0 Å². The smallest absolute Gasteiger partial charge is 0.229 e. The van der Waals surface area contributed by atoms with Gasteiger partial charge < -0.3 is 15.1 Å². The molecular formula is C17H17N3O2S. The van der Waals surface area contributed by atoms with Crippen LogP contribution in [0.15, 0.2) is 40.1 Å². The van der Waals surface area contributed by atoms with Crippen molar-refractivity contribution in [2.24, 2.45) is 5.92 Å². The van der Waals surface area contributed by atoms with Crippen LogP contribution in [0.2, 0.25) is 0 Å². The fourth-order valence-electron chi connectivity index (χ4n) is 2.84. The van der Waals surface area contributed by atoms with Crippen molar-refractivity contribution in [1.29, 1.82) is 0 Å². The number of fused-ring (bicyclic) bond motifs is 1. The highest BCUT2D eigenvalue weighted by Gasteiger charge is 2.22. The quantitative estimate of drug-likeness (QED) is 0.773. The molecule has 1 aliphatic rings. The van der Waals surface area contributed by atoms with Crippen LogP contribution < -0.4 is 10.6 Å². The number of carbonyl (C=O) groups is 1. The molecule has 0 aliphatic carbocycles. The number of hydrogen-bond donors (Lipinski definition) is 2. The largest absolute Gasteiger partial charge is 0.454 e. The van der Waals surface area contributed by atoms with E-state index >= 15 is 0 Å². The number of anilines is 1. The fraction of sp³-hybridized carbons (Fsp3) is 0.294. The minimum Gasteiger partial charge on any atom is -0.454 e. The first-order valence-electron chi connectivity index (χ1n) is 7.76. The van der Waals surface area contributed by atoms with Crippen LogP contribution in [0, 0.1) is 5.92 Å². The zero-order valence-corrected chi connectivity index (χ0v) is 13.4. The van der Waals surface area contributed by atoms with Gasteiger partial charge in [0.15, 0.2) is 10.9 Å². The average Bonchev–Trinajstić information content (AvgIpc) is 3.21. The number of nitrogens with one attached hydrogen (secondary N) is 2. The Hall–Kier alpha value is -2.18. The van der Waals surface area contributed by atoms with Crippen LogP contribution in [0.25, 0.3) is 22.4 Å². The molecule has 1 aliphatic heterocycles. The third-order valence-electron chi connectivity index (χ3n) is 4.12. The monoisotopic (exact) mass is 327 g/mol. The van der Waals surface area contributed by atoms with Gasteiger partial charge in [-0.3, -0.25) is 4.79 Å². The van der Waals surface area contributed by atoms with Crippen LogP contribution >= 0.6 is 11.3 Å². The van der Waals surface area contributed by atoms with E-state index < -0.39 is 0 Å². The van der Waals surface area contributed by atoms with Gasteiger partial charge in [-0.05, 0) is 38.1 Å². The molecule has 0 bridgehead atoms. The summed E-state index contributed by atoms with van der Waals surface area (Å²) in [7, 11) is 0. The molecule has 2 aromatic heterocycles. The molecule has 0 atom stereocenters. The number of rotatable bonds is 3. The zero-order chi connectivity index (χ0) is 15.6. The summed E-state index contributed by atoms with van der Waals surface area (Å²) in [6.45, 7) is 1.81. The fourth-order valence-corrected chi connectivity index (χ4v) is 3.55. The van der Waals surface area contributed by atoms with E-state index in [2.05, 4.69) is 15.6 Å². The summed E-state index contributed by atoms with van der Waals surface area (Å²) in [5.41, 5.74) is 1.60. The molecule has 3 aromatic rings. The molecular weight excluding hydrogens is 310 g/mol. The molecule has 6 heteroatoms. The molecule has 4 rings (SSSR count). The number of benzene rings is 1. The van der Waals surface area contributed by atoms with Gasteiger partial charge in [-0.2, -0.15) is 0 Å². The average molecular weight is 327 g/mol. The van der Waals surface area contributed by atoms with Gasteiger partial charge in [-0.25, -0.2) is 4.98 Å². The lowest BCUT2D eigenvalue weighted by molar-refractivity contribution is -0.120. The highest BCUT2D eigenvalue weighted by Crippen LogP contribution is 2.30. The molecule has 1 saturated heterocycles. The molecule has 0 spiro atoms. The number of thiazole rings is 1. The van der Waals surface area contributed by atoms with Crippen LogP contribution in [-0.4, -0.2) is 24.0 Å². The summed E-state index contributed by atoms with van der Waals surface area (Å²) in [6, 6.07) is 9.84. The summed E-state index contributed by atoms with van der Waals surface area (Å²) in [5, 5.41) is 9.79. The van der Waals surface area contributed by atoms with Crippen molar-refractivity contribution in [3.8, 4) is 11.5 Å². The highest BCUT2D eigenvalue weighted by molar-refractivity contribution is 7.14. The normalized spacial score (nSPS) is 15.8. The van der Waals surface area contributed by atoms with Crippen LogP contribution in [0.1, 0.15) is 12.8 Å². The Morgan fingerprint density at radius 1 is 1.30 bits per heavy atom. The summed E-state index contributed by atoms with van der Waals surface area (Å²) in [4.78, 5) is 16.7. The lowest BCUT2D eigenvalue weighted by atomic mass is 9.97.